The molecule has 32 heavy (non-hydrogen) atoms. The van der Waals surface area contributed by atoms with Gasteiger partial charge in [-0.05, 0) is 43.4 Å². The molecule has 6 heteroatoms. The lowest BCUT2D eigenvalue weighted by Gasteiger charge is -2.22. The molecular weight excluding hydrogens is 400 g/mol. The first-order valence-corrected chi connectivity index (χ1v) is 11.2. The van der Waals surface area contributed by atoms with Gasteiger partial charge in [-0.3, -0.25) is 19.5 Å². The highest BCUT2D eigenvalue weighted by Gasteiger charge is 2.34. The topological polar surface area (TPSA) is 67.2 Å². The van der Waals surface area contributed by atoms with Crippen LogP contribution in [0.5, 0.6) is 0 Å². The molecule has 6 nitrogen and oxygen atoms in total. The lowest BCUT2D eigenvalue weighted by molar-refractivity contribution is -0.135. The largest absolute Gasteiger partial charge is 0.330 e. The highest BCUT2D eigenvalue weighted by molar-refractivity contribution is 5.94. The predicted octanol–water partition coefficient (Wildman–Crippen LogP) is 4.82. The van der Waals surface area contributed by atoms with E-state index in [9.17, 15) is 9.59 Å². The van der Waals surface area contributed by atoms with Gasteiger partial charge in [-0.25, -0.2) is 4.98 Å². The van der Waals surface area contributed by atoms with Gasteiger partial charge < -0.3 is 4.90 Å². The summed E-state index contributed by atoms with van der Waals surface area (Å²) in [5, 5.41) is 2.96. The van der Waals surface area contributed by atoms with E-state index in [0.29, 0.717) is 12.4 Å². The van der Waals surface area contributed by atoms with Crippen LogP contribution in [0.4, 0.5) is 5.95 Å². The summed E-state index contributed by atoms with van der Waals surface area (Å²) in [6, 6.07) is 18.1. The molecule has 1 fully saturated rings. The number of anilines is 1. The number of nitrogens with one attached hydrogen (secondary N) is 1. The van der Waals surface area contributed by atoms with E-state index in [-0.39, 0.29) is 30.3 Å². The molecule has 0 radical (unpaired) electrons. The van der Waals surface area contributed by atoms with Gasteiger partial charge >= 0.3 is 0 Å². The number of hydrogen-bond donors (Lipinski definition) is 1. The molecule has 1 aromatic heterocycles. The third-order valence-corrected chi connectivity index (χ3v) is 5.51. The minimum Gasteiger partial charge on any atom is -0.330 e. The van der Waals surface area contributed by atoms with Crippen LogP contribution in [0.3, 0.4) is 0 Å². The molecule has 1 aliphatic carbocycles. The van der Waals surface area contributed by atoms with E-state index in [1.165, 1.54) is 0 Å². The number of nitrogens with zero attached hydrogens (tertiary/aromatic N) is 3. The first-order valence-electron chi connectivity index (χ1n) is 11.2. The number of imidazole rings is 1. The number of hydrogen-bond acceptors (Lipinski definition) is 3. The molecule has 2 amide bonds. The Labute approximate surface area is 189 Å². The number of carbonyl (C=O) groups excluding carboxylic acids is 2. The Balaban J connectivity index is 1.59. The van der Waals surface area contributed by atoms with Gasteiger partial charge in [0.1, 0.15) is 6.54 Å². The fourth-order valence-electron chi connectivity index (χ4n) is 3.78. The van der Waals surface area contributed by atoms with Crippen LogP contribution in [0.2, 0.25) is 0 Å². The molecular formula is C26H30N4O2. The second kappa shape index (κ2) is 9.39. The average molecular weight is 431 g/mol. The van der Waals surface area contributed by atoms with Crippen molar-refractivity contribution in [2.75, 3.05) is 11.9 Å². The van der Waals surface area contributed by atoms with E-state index in [2.05, 4.69) is 11.4 Å². The molecule has 0 saturated heterocycles. The van der Waals surface area contributed by atoms with Crippen molar-refractivity contribution in [2.45, 2.75) is 46.1 Å². The van der Waals surface area contributed by atoms with E-state index in [1.54, 1.807) is 4.90 Å². The molecule has 2 aromatic carbocycles. The number of benzene rings is 2. The van der Waals surface area contributed by atoms with E-state index in [1.807, 2.05) is 80.1 Å². The Bertz CT molecular complexity index is 1100. The Hall–Kier alpha value is -3.41. The summed E-state index contributed by atoms with van der Waals surface area (Å²) in [4.78, 5) is 32.1. The molecule has 1 aliphatic rings. The maximum absolute atomic E-state index is 13.0. The van der Waals surface area contributed by atoms with E-state index in [0.717, 1.165) is 35.3 Å². The number of carbonyl (C=O) groups is 2. The first kappa shape index (κ1) is 21.8. The Morgan fingerprint density at radius 3 is 2.53 bits per heavy atom. The third kappa shape index (κ3) is 5.25. The van der Waals surface area contributed by atoms with Gasteiger partial charge in [-0.2, -0.15) is 0 Å². The molecule has 3 aromatic rings. The van der Waals surface area contributed by atoms with Crippen molar-refractivity contribution in [1.29, 1.82) is 0 Å². The molecule has 0 aliphatic heterocycles. The molecule has 1 N–H and O–H groups in total. The van der Waals surface area contributed by atoms with Crippen LogP contribution in [0.1, 0.15) is 38.7 Å². The van der Waals surface area contributed by atoms with Crippen molar-refractivity contribution in [3.05, 3.63) is 66.4 Å². The number of aryl methyl sites for hydroxylation is 1. The van der Waals surface area contributed by atoms with Crippen molar-refractivity contribution in [3.63, 3.8) is 0 Å². The zero-order valence-corrected chi connectivity index (χ0v) is 18.9. The standard InChI is InChI=1S/C26H30N4O2/c1-18(2)14-25(32)29(21-12-13-21)17-24(31)28-26-27-23(20-9-5-4-6-10-20)16-30(26)22-11-7-8-19(3)15-22/h4-11,15-16,18,21H,12-14,17H2,1-3H3,(H,27,28,31). The Kier molecular flexibility index (Phi) is 6.40. The fourth-order valence-corrected chi connectivity index (χ4v) is 3.78. The van der Waals surface area contributed by atoms with Gasteiger partial charge in [0.05, 0.1) is 5.69 Å². The van der Waals surface area contributed by atoms with Crippen LogP contribution >= 0.6 is 0 Å². The van der Waals surface area contributed by atoms with Crippen LogP contribution in [-0.2, 0) is 9.59 Å². The summed E-state index contributed by atoms with van der Waals surface area (Å²) in [5.41, 5.74) is 3.79. The molecule has 166 valence electrons. The molecule has 1 heterocycles. The van der Waals surface area contributed by atoms with E-state index < -0.39 is 0 Å². The minimum absolute atomic E-state index is 0.0460. The number of rotatable bonds is 8. The number of aromatic nitrogens is 2. The van der Waals surface area contributed by atoms with Crippen LogP contribution in [0.25, 0.3) is 16.9 Å². The van der Waals surface area contributed by atoms with Crippen LogP contribution in [-0.4, -0.2) is 38.9 Å². The van der Waals surface area contributed by atoms with Crippen molar-refractivity contribution >= 4 is 17.8 Å². The van der Waals surface area contributed by atoms with Gasteiger partial charge in [-0.1, -0.05) is 56.3 Å². The summed E-state index contributed by atoms with van der Waals surface area (Å²) in [6.45, 7) is 6.13. The molecule has 0 atom stereocenters. The highest BCUT2D eigenvalue weighted by Crippen LogP contribution is 2.28. The molecule has 4 rings (SSSR count). The zero-order valence-electron chi connectivity index (χ0n) is 18.9. The quantitative estimate of drug-likeness (QED) is 0.557. The average Bonchev–Trinajstić information content (AvgIpc) is 3.51. The molecule has 0 bridgehead atoms. The van der Waals surface area contributed by atoms with E-state index in [4.69, 9.17) is 4.98 Å². The lowest BCUT2D eigenvalue weighted by atomic mass is 10.1. The Morgan fingerprint density at radius 2 is 1.88 bits per heavy atom. The maximum Gasteiger partial charge on any atom is 0.246 e. The summed E-state index contributed by atoms with van der Waals surface area (Å²) < 4.78 is 1.89. The SMILES string of the molecule is Cc1cccc(-n2cc(-c3ccccc3)nc2NC(=O)CN(C(=O)CC(C)C)C2CC2)c1. The first-order chi connectivity index (χ1) is 15.4. The van der Waals surface area contributed by atoms with Gasteiger partial charge in [0.15, 0.2) is 0 Å². The summed E-state index contributed by atoms with van der Waals surface area (Å²) in [7, 11) is 0. The second-order valence-electron chi connectivity index (χ2n) is 8.92. The van der Waals surface area contributed by atoms with Crippen molar-refractivity contribution in [1.82, 2.24) is 14.5 Å². The monoisotopic (exact) mass is 430 g/mol. The summed E-state index contributed by atoms with van der Waals surface area (Å²) >= 11 is 0. The van der Waals surface area contributed by atoms with E-state index >= 15 is 0 Å². The fraction of sp³-hybridized carbons (Fsp3) is 0.346. The smallest absolute Gasteiger partial charge is 0.246 e. The van der Waals surface area contributed by atoms with Crippen molar-refractivity contribution in [3.8, 4) is 16.9 Å². The van der Waals surface area contributed by atoms with Gasteiger partial charge in [-0.15, -0.1) is 0 Å². The molecule has 0 spiro atoms. The minimum atomic E-state index is -0.229. The van der Waals surface area contributed by atoms with Crippen molar-refractivity contribution < 1.29 is 9.59 Å². The van der Waals surface area contributed by atoms with Crippen LogP contribution in [0.15, 0.2) is 60.8 Å². The van der Waals surface area contributed by atoms with Crippen molar-refractivity contribution in [2.24, 2.45) is 5.92 Å². The highest BCUT2D eigenvalue weighted by atomic mass is 16.2. The van der Waals surface area contributed by atoms with Gasteiger partial charge in [0.2, 0.25) is 17.8 Å². The molecule has 0 unspecified atom stereocenters. The van der Waals surface area contributed by atoms with Crippen LogP contribution < -0.4 is 5.32 Å². The lowest BCUT2D eigenvalue weighted by Crippen LogP contribution is -2.40. The normalized spacial score (nSPS) is 13.2. The molecule has 1 saturated carbocycles. The second-order valence-corrected chi connectivity index (χ2v) is 8.92. The third-order valence-electron chi connectivity index (χ3n) is 5.51. The van der Waals surface area contributed by atoms with Gasteiger partial charge in [0.25, 0.3) is 0 Å². The summed E-state index contributed by atoms with van der Waals surface area (Å²) in [5.74, 6) is 0.532. The summed E-state index contributed by atoms with van der Waals surface area (Å²) in [6.07, 6.45) is 4.32. The van der Waals surface area contributed by atoms with Gasteiger partial charge in [0, 0.05) is 29.9 Å². The Morgan fingerprint density at radius 1 is 1.12 bits per heavy atom. The maximum atomic E-state index is 13.0. The predicted molar refractivity (Wildman–Crippen MR) is 127 cm³/mol. The zero-order chi connectivity index (χ0) is 22.7. The number of amides is 2. The van der Waals surface area contributed by atoms with Crippen LogP contribution in [0, 0.1) is 12.8 Å².